The third-order valence-corrected chi connectivity index (χ3v) is 5.58. The fraction of sp³-hybridized carbons (Fsp3) is 0.348. The van der Waals surface area contributed by atoms with E-state index in [2.05, 4.69) is 10.6 Å². The highest BCUT2D eigenvalue weighted by atomic mass is 19.1. The van der Waals surface area contributed by atoms with E-state index in [0.717, 1.165) is 25.1 Å². The van der Waals surface area contributed by atoms with Gasteiger partial charge in [-0.25, -0.2) is 13.6 Å². The Balaban J connectivity index is 1.52. The van der Waals surface area contributed by atoms with Gasteiger partial charge in [-0.2, -0.15) is 5.26 Å². The molecule has 2 atom stereocenters. The van der Waals surface area contributed by atoms with Crippen LogP contribution in [-0.2, 0) is 23.0 Å². The van der Waals surface area contributed by atoms with E-state index < -0.39 is 35.4 Å². The smallest absolute Gasteiger partial charge is 0.408 e. The van der Waals surface area contributed by atoms with Crippen molar-refractivity contribution in [2.75, 3.05) is 19.7 Å². The van der Waals surface area contributed by atoms with E-state index in [4.69, 9.17) is 9.15 Å². The summed E-state index contributed by atoms with van der Waals surface area (Å²) in [4.78, 5) is 24.1. The van der Waals surface area contributed by atoms with Gasteiger partial charge in [-0.05, 0) is 36.2 Å². The van der Waals surface area contributed by atoms with Gasteiger partial charge in [0.15, 0.2) is 5.58 Å². The minimum absolute atomic E-state index is 0.0632. The number of benzene rings is 2. The molecule has 0 bridgehead atoms. The van der Waals surface area contributed by atoms with Crippen LogP contribution >= 0.6 is 0 Å². The quantitative estimate of drug-likeness (QED) is 0.608. The molecule has 33 heavy (non-hydrogen) atoms. The maximum atomic E-state index is 14.9. The van der Waals surface area contributed by atoms with Crippen molar-refractivity contribution in [3.63, 3.8) is 0 Å². The molecule has 0 radical (unpaired) electrons. The summed E-state index contributed by atoms with van der Waals surface area (Å²) in [5.41, 5.74) is 1.04. The van der Waals surface area contributed by atoms with Crippen molar-refractivity contribution in [2.45, 2.75) is 25.0 Å². The largest absolute Gasteiger partial charge is 0.419 e. The number of nitrogens with zero attached hydrogens (tertiary/aromatic N) is 2. The average molecular weight is 456 g/mol. The maximum Gasteiger partial charge on any atom is 0.419 e. The molecular weight excluding hydrogens is 434 g/mol. The SMILES string of the molecule is Cn1c(=O)oc2cc(F)c(-c3ccc(C[C@@H](C#N)NC(=O)[C@@H]4CNCCCO4)c(F)c3)cc21. The van der Waals surface area contributed by atoms with Gasteiger partial charge < -0.3 is 19.8 Å². The Bertz CT molecular complexity index is 1290. The number of carbonyl (C=O) groups excluding carboxylic acids is 1. The first-order chi connectivity index (χ1) is 15.9. The second-order valence-corrected chi connectivity index (χ2v) is 7.84. The maximum absolute atomic E-state index is 14.9. The summed E-state index contributed by atoms with van der Waals surface area (Å²) >= 11 is 0. The van der Waals surface area contributed by atoms with E-state index >= 15 is 0 Å². The van der Waals surface area contributed by atoms with Crippen LogP contribution in [0.1, 0.15) is 12.0 Å². The number of nitrogens with one attached hydrogen (secondary N) is 2. The van der Waals surface area contributed by atoms with Gasteiger partial charge in [0.1, 0.15) is 23.8 Å². The molecule has 2 heterocycles. The molecule has 0 aliphatic carbocycles. The van der Waals surface area contributed by atoms with Gasteiger partial charge in [-0.1, -0.05) is 12.1 Å². The predicted octanol–water partition coefficient (Wildman–Crippen LogP) is 2.01. The van der Waals surface area contributed by atoms with Crippen LogP contribution in [0, 0.1) is 23.0 Å². The second kappa shape index (κ2) is 9.52. The van der Waals surface area contributed by atoms with E-state index in [0.29, 0.717) is 18.7 Å². The Kier molecular flexibility index (Phi) is 6.53. The number of aryl methyl sites for hydroxylation is 1. The summed E-state index contributed by atoms with van der Waals surface area (Å²) in [6.45, 7) is 1.52. The van der Waals surface area contributed by atoms with Crippen molar-refractivity contribution in [2.24, 2.45) is 7.05 Å². The number of rotatable bonds is 5. The Morgan fingerprint density at radius 3 is 2.91 bits per heavy atom. The zero-order valence-electron chi connectivity index (χ0n) is 17.9. The van der Waals surface area contributed by atoms with Crippen LogP contribution in [-0.4, -0.2) is 42.3 Å². The van der Waals surface area contributed by atoms with Gasteiger partial charge in [-0.3, -0.25) is 9.36 Å². The summed E-state index contributed by atoms with van der Waals surface area (Å²) in [5.74, 6) is -2.37. The fourth-order valence-corrected chi connectivity index (χ4v) is 3.75. The molecule has 1 amide bonds. The minimum atomic E-state index is -0.960. The van der Waals surface area contributed by atoms with Crippen LogP contribution in [0.5, 0.6) is 0 Å². The van der Waals surface area contributed by atoms with Crippen LogP contribution in [0.4, 0.5) is 8.78 Å². The summed E-state index contributed by atoms with van der Waals surface area (Å²) in [6.07, 6.45) is 0.00651. The molecule has 172 valence electrons. The van der Waals surface area contributed by atoms with Crippen LogP contribution in [0.3, 0.4) is 0 Å². The summed E-state index contributed by atoms with van der Waals surface area (Å²) < 4.78 is 41.1. The van der Waals surface area contributed by atoms with E-state index in [-0.39, 0.29) is 28.7 Å². The normalized spacial score (nSPS) is 17.3. The van der Waals surface area contributed by atoms with Crippen molar-refractivity contribution in [1.29, 1.82) is 5.26 Å². The summed E-state index contributed by atoms with van der Waals surface area (Å²) in [6, 6.07) is 7.65. The van der Waals surface area contributed by atoms with Crippen LogP contribution in [0.15, 0.2) is 39.5 Å². The van der Waals surface area contributed by atoms with Crippen molar-refractivity contribution < 1.29 is 22.7 Å². The lowest BCUT2D eigenvalue weighted by atomic mass is 9.99. The Morgan fingerprint density at radius 2 is 2.15 bits per heavy atom. The Hall–Kier alpha value is -3.55. The number of hydrogen-bond donors (Lipinski definition) is 2. The van der Waals surface area contributed by atoms with E-state index in [9.17, 15) is 23.6 Å². The molecule has 1 fully saturated rings. The third kappa shape index (κ3) is 4.79. The summed E-state index contributed by atoms with van der Waals surface area (Å²) in [5, 5.41) is 15.1. The van der Waals surface area contributed by atoms with Crippen molar-refractivity contribution in [1.82, 2.24) is 15.2 Å². The number of amides is 1. The molecular formula is C23H22F2N4O4. The highest BCUT2D eigenvalue weighted by molar-refractivity contribution is 5.82. The zero-order valence-corrected chi connectivity index (χ0v) is 17.9. The molecule has 8 nitrogen and oxygen atoms in total. The van der Waals surface area contributed by atoms with Gasteiger partial charge in [0.25, 0.3) is 5.91 Å². The van der Waals surface area contributed by atoms with Gasteiger partial charge in [0.05, 0.1) is 11.6 Å². The average Bonchev–Trinajstić information content (AvgIpc) is 2.98. The number of oxazole rings is 1. The first-order valence-corrected chi connectivity index (χ1v) is 10.5. The molecule has 10 heteroatoms. The van der Waals surface area contributed by atoms with Crippen molar-refractivity contribution in [3.8, 4) is 17.2 Å². The van der Waals surface area contributed by atoms with E-state index in [1.54, 1.807) is 0 Å². The molecule has 2 N–H and O–H groups in total. The van der Waals surface area contributed by atoms with Gasteiger partial charge in [0.2, 0.25) is 0 Å². The number of fused-ring (bicyclic) bond motifs is 1. The molecule has 4 rings (SSSR count). The molecule has 2 aromatic carbocycles. The van der Waals surface area contributed by atoms with Crippen molar-refractivity contribution >= 4 is 17.0 Å². The molecule has 1 aliphatic rings. The Labute approximate surface area is 187 Å². The molecule has 1 saturated heterocycles. The number of hydrogen-bond acceptors (Lipinski definition) is 6. The van der Waals surface area contributed by atoms with Gasteiger partial charge in [-0.15, -0.1) is 0 Å². The number of aromatic nitrogens is 1. The number of halogens is 2. The molecule has 1 aliphatic heterocycles. The number of ether oxygens (including phenoxy) is 1. The molecule has 0 unspecified atom stereocenters. The molecule has 0 saturated carbocycles. The summed E-state index contributed by atoms with van der Waals surface area (Å²) in [7, 11) is 1.49. The second-order valence-electron chi connectivity index (χ2n) is 7.84. The lowest BCUT2D eigenvalue weighted by Gasteiger charge is -2.18. The lowest BCUT2D eigenvalue weighted by Crippen LogP contribution is -2.46. The van der Waals surface area contributed by atoms with Crippen LogP contribution in [0.25, 0.3) is 22.2 Å². The Morgan fingerprint density at radius 1 is 1.33 bits per heavy atom. The highest BCUT2D eigenvalue weighted by Gasteiger charge is 2.24. The first-order valence-electron chi connectivity index (χ1n) is 10.5. The predicted molar refractivity (Wildman–Crippen MR) is 115 cm³/mol. The number of carbonyl (C=O) groups is 1. The number of nitriles is 1. The van der Waals surface area contributed by atoms with E-state index in [1.165, 1.54) is 29.8 Å². The van der Waals surface area contributed by atoms with E-state index in [1.807, 2.05) is 6.07 Å². The molecule has 1 aromatic heterocycles. The van der Waals surface area contributed by atoms with Crippen LogP contribution < -0.4 is 16.4 Å². The monoisotopic (exact) mass is 456 g/mol. The standard InChI is InChI=1S/C23H22F2N4O4/c1-29-19-9-16(18(25)10-20(19)33-23(29)31)13-3-4-14(17(24)8-13)7-15(11-26)28-22(30)21-12-27-5-2-6-32-21/h3-4,8-10,15,21,27H,2,5-7,12H2,1H3,(H,28,30)/t15-,21-/m0/s1. The fourth-order valence-electron chi connectivity index (χ4n) is 3.75. The zero-order chi connectivity index (χ0) is 23.5. The third-order valence-electron chi connectivity index (χ3n) is 5.58. The topological polar surface area (TPSA) is 109 Å². The minimum Gasteiger partial charge on any atom is -0.408 e. The highest BCUT2D eigenvalue weighted by Crippen LogP contribution is 2.29. The van der Waals surface area contributed by atoms with Gasteiger partial charge in [0, 0.05) is 38.2 Å². The van der Waals surface area contributed by atoms with Crippen molar-refractivity contribution in [3.05, 3.63) is 58.1 Å². The lowest BCUT2D eigenvalue weighted by molar-refractivity contribution is -0.132. The molecule has 0 spiro atoms. The first kappa shape index (κ1) is 22.6. The van der Waals surface area contributed by atoms with Gasteiger partial charge >= 0.3 is 5.76 Å². The van der Waals surface area contributed by atoms with Crippen LogP contribution in [0.2, 0.25) is 0 Å². The molecule has 3 aromatic rings.